The first-order valence-electron chi connectivity index (χ1n) is 6.40. The summed E-state index contributed by atoms with van der Waals surface area (Å²) in [4.78, 5) is 12.9. The van der Waals surface area contributed by atoms with E-state index in [1.807, 2.05) is 37.3 Å². The topological polar surface area (TPSA) is 92.9 Å². The molecule has 1 aromatic carbocycles. The monoisotopic (exact) mass is 275 g/mol. The number of hydrogen-bond donors (Lipinski definition) is 2. The lowest BCUT2D eigenvalue weighted by Crippen LogP contribution is -2.32. The van der Waals surface area contributed by atoms with E-state index in [0.29, 0.717) is 12.4 Å². The molecule has 0 spiro atoms. The molecule has 106 valence electrons. The Morgan fingerprint density at radius 2 is 2.15 bits per heavy atom. The number of hydrogen-bond acceptors (Lipinski definition) is 5. The van der Waals surface area contributed by atoms with Crippen molar-refractivity contribution >= 4 is 5.91 Å². The lowest BCUT2D eigenvalue weighted by atomic mass is 10.2. The fourth-order valence-corrected chi connectivity index (χ4v) is 1.55. The van der Waals surface area contributed by atoms with Crippen LogP contribution in [0.2, 0.25) is 0 Å². The molecule has 0 radical (unpaired) electrons. The zero-order chi connectivity index (χ0) is 14.4. The summed E-state index contributed by atoms with van der Waals surface area (Å²) in [6.45, 7) is 2.33. The van der Waals surface area contributed by atoms with Crippen LogP contribution < -0.4 is 5.32 Å². The maximum Gasteiger partial charge on any atom is 0.243 e. The van der Waals surface area contributed by atoms with Crippen molar-refractivity contribution in [2.75, 3.05) is 13.2 Å². The van der Waals surface area contributed by atoms with Crippen LogP contribution in [0, 0.1) is 5.92 Å². The maximum absolute atomic E-state index is 11.7. The highest BCUT2D eigenvalue weighted by atomic mass is 16.3. The van der Waals surface area contributed by atoms with Gasteiger partial charge >= 0.3 is 0 Å². The predicted molar refractivity (Wildman–Crippen MR) is 72.5 cm³/mol. The van der Waals surface area contributed by atoms with Crippen LogP contribution in [0.15, 0.2) is 30.3 Å². The Hall–Kier alpha value is -2.28. The number of nitrogens with zero attached hydrogens (tertiary/aromatic N) is 4. The number of aromatic nitrogens is 4. The molecular formula is C13H17N5O2. The highest BCUT2D eigenvalue weighted by molar-refractivity contribution is 5.75. The zero-order valence-electron chi connectivity index (χ0n) is 11.2. The Morgan fingerprint density at radius 1 is 1.40 bits per heavy atom. The molecule has 2 aromatic rings. The summed E-state index contributed by atoms with van der Waals surface area (Å²) in [6.07, 6.45) is 0. The minimum atomic E-state index is -0.206. The van der Waals surface area contributed by atoms with E-state index in [1.165, 1.54) is 4.80 Å². The molecule has 20 heavy (non-hydrogen) atoms. The Kier molecular flexibility index (Phi) is 4.78. The molecule has 1 aromatic heterocycles. The van der Waals surface area contributed by atoms with Crippen molar-refractivity contribution < 1.29 is 9.90 Å². The lowest BCUT2D eigenvalue weighted by molar-refractivity contribution is -0.122. The molecule has 1 heterocycles. The second-order valence-electron chi connectivity index (χ2n) is 4.60. The normalized spacial score (nSPS) is 12.1. The second kappa shape index (κ2) is 6.76. The first-order chi connectivity index (χ1) is 9.69. The summed E-state index contributed by atoms with van der Waals surface area (Å²) in [6, 6.07) is 9.44. The molecule has 1 amide bonds. The average molecular weight is 275 g/mol. The first-order valence-corrected chi connectivity index (χ1v) is 6.40. The summed E-state index contributed by atoms with van der Waals surface area (Å²) in [5.74, 6) is 0.312. The van der Waals surface area contributed by atoms with Gasteiger partial charge in [-0.15, -0.1) is 10.2 Å². The van der Waals surface area contributed by atoms with Gasteiger partial charge < -0.3 is 10.4 Å². The molecular weight excluding hydrogens is 258 g/mol. The highest BCUT2D eigenvalue weighted by Crippen LogP contribution is 2.11. The molecule has 0 fully saturated rings. The minimum Gasteiger partial charge on any atom is -0.396 e. The molecule has 7 nitrogen and oxygen atoms in total. The van der Waals surface area contributed by atoms with E-state index in [2.05, 4.69) is 20.7 Å². The van der Waals surface area contributed by atoms with Gasteiger partial charge in [0.05, 0.1) is 0 Å². The standard InChI is InChI=1S/C13H17N5O2/c1-10(9-19)7-14-12(20)8-18-16-13(15-17-18)11-5-3-2-4-6-11/h2-6,10,19H,7-9H2,1H3,(H,14,20). The summed E-state index contributed by atoms with van der Waals surface area (Å²) in [5.41, 5.74) is 0.855. The van der Waals surface area contributed by atoms with Crippen LogP contribution in [0.3, 0.4) is 0 Å². The summed E-state index contributed by atoms with van der Waals surface area (Å²) >= 11 is 0. The van der Waals surface area contributed by atoms with Crippen molar-refractivity contribution in [2.24, 2.45) is 5.92 Å². The maximum atomic E-state index is 11.7. The minimum absolute atomic E-state index is 0.0119. The summed E-state index contributed by atoms with van der Waals surface area (Å²) < 4.78 is 0. The number of tetrazole rings is 1. The third kappa shape index (κ3) is 3.86. The van der Waals surface area contributed by atoms with Gasteiger partial charge in [0.15, 0.2) is 0 Å². The fourth-order valence-electron chi connectivity index (χ4n) is 1.55. The van der Waals surface area contributed by atoms with Gasteiger partial charge in [-0.3, -0.25) is 4.79 Å². The van der Waals surface area contributed by atoms with Gasteiger partial charge in [-0.05, 0) is 11.1 Å². The van der Waals surface area contributed by atoms with Gasteiger partial charge in [0.1, 0.15) is 6.54 Å². The largest absolute Gasteiger partial charge is 0.396 e. The van der Waals surface area contributed by atoms with Crippen molar-refractivity contribution in [3.8, 4) is 11.4 Å². The molecule has 2 rings (SSSR count). The van der Waals surface area contributed by atoms with Gasteiger partial charge in [0.25, 0.3) is 0 Å². The van der Waals surface area contributed by atoms with Gasteiger partial charge in [0.2, 0.25) is 11.7 Å². The van der Waals surface area contributed by atoms with Gasteiger partial charge in [-0.25, -0.2) is 0 Å². The number of carbonyl (C=O) groups is 1. The molecule has 1 unspecified atom stereocenters. The average Bonchev–Trinajstić information content (AvgIpc) is 2.94. The smallest absolute Gasteiger partial charge is 0.243 e. The van der Waals surface area contributed by atoms with Gasteiger partial charge in [-0.1, -0.05) is 37.3 Å². The lowest BCUT2D eigenvalue weighted by Gasteiger charge is -2.08. The third-order valence-corrected chi connectivity index (χ3v) is 2.73. The van der Waals surface area contributed by atoms with Crippen LogP contribution in [0.4, 0.5) is 0 Å². The SMILES string of the molecule is CC(CO)CNC(=O)Cn1nnc(-c2ccccc2)n1. The molecule has 0 bridgehead atoms. The Bertz CT molecular complexity index is 555. The number of amides is 1. The fraction of sp³-hybridized carbons (Fsp3) is 0.385. The number of aliphatic hydroxyl groups excluding tert-OH is 1. The quantitative estimate of drug-likeness (QED) is 0.779. The van der Waals surface area contributed by atoms with Crippen molar-refractivity contribution in [3.63, 3.8) is 0 Å². The zero-order valence-corrected chi connectivity index (χ0v) is 11.2. The van der Waals surface area contributed by atoms with Crippen molar-refractivity contribution in [1.82, 2.24) is 25.5 Å². The molecule has 0 saturated carbocycles. The van der Waals surface area contributed by atoms with E-state index in [9.17, 15) is 4.79 Å². The van der Waals surface area contributed by atoms with E-state index in [4.69, 9.17) is 5.11 Å². The molecule has 0 aliphatic rings. The van der Waals surface area contributed by atoms with Crippen LogP contribution >= 0.6 is 0 Å². The van der Waals surface area contributed by atoms with Crippen LogP contribution in [0.1, 0.15) is 6.92 Å². The highest BCUT2D eigenvalue weighted by Gasteiger charge is 2.09. The molecule has 2 N–H and O–H groups in total. The first kappa shape index (κ1) is 14.1. The van der Waals surface area contributed by atoms with E-state index < -0.39 is 0 Å². The van der Waals surface area contributed by atoms with Crippen LogP contribution in [-0.4, -0.2) is 44.4 Å². The van der Waals surface area contributed by atoms with E-state index in [0.717, 1.165) is 5.56 Å². The van der Waals surface area contributed by atoms with Crippen LogP contribution in [-0.2, 0) is 11.3 Å². The van der Waals surface area contributed by atoms with Crippen molar-refractivity contribution in [1.29, 1.82) is 0 Å². The molecule has 0 aliphatic carbocycles. The summed E-state index contributed by atoms with van der Waals surface area (Å²) in [5, 5.41) is 23.5. The number of carbonyl (C=O) groups excluding carboxylic acids is 1. The summed E-state index contributed by atoms with van der Waals surface area (Å²) in [7, 11) is 0. The van der Waals surface area contributed by atoms with Gasteiger partial charge in [0, 0.05) is 18.7 Å². The molecule has 0 aliphatic heterocycles. The third-order valence-electron chi connectivity index (χ3n) is 2.73. The van der Waals surface area contributed by atoms with Crippen LogP contribution in [0.25, 0.3) is 11.4 Å². The number of nitrogens with one attached hydrogen (secondary N) is 1. The van der Waals surface area contributed by atoms with E-state index in [-0.39, 0.29) is 25.0 Å². The van der Waals surface area contributed by atoms with Crippen LogP contribution in [0.5, 0.6) is 0 Å². The van der Waals surface area contributed by atoms with E-state index in [1.54, 1.807) is 0 Å². The molecule has 1 atom stereocenters. The number of rotatable bonds is 6. The number of benzene rings is 1. The Labute approximate surface area is 116 Å². The van der Waals surface area contributed by atoms with E-state index >= 15 is 0 Å². The van der Waals surface area contributed by atoms with Gasteiger partial charge in [-0.2, -0.15) is 4.80 Å². The van der Waals surface area contributed by atoms with Crippen molar-refractivity contribution in [3.05, 3.63) is 30.3 Å². The molecule has 0 saturated heterocycles. The van der Waals surface area contributed by atoms with Crippen molar-refractivity contribution in [2.45, 2.75) is 13.5 Å². The predicted octanol–water partition coefficient (Wildman–Crippen LogP) is 0.0847. The molecule has 7 heteroatoms. The Balaban J connectivity index is 1.91. The second-order valence-corrected chi connectivity index (χ2v) is 4.60. The Morgan fingerprint density at radius 3 is 2.85 bits per heavy atom. The number of aliphatic hydroxyl groups is 1.